The molecule has 0 spiro atoms. The van der Waals surface area contributed by atoms with E-state index in [1.807, 2.05) is 19.1 Å². The first-order chi connectivity index (χ1) is 9.19. The zero-order valence-electron chi connectivity index (χ0n) is 11.1. The van der Waals surface area contributed by atoms with Crippen LogP contribution in [0.2, 0.25) is 5.15 Å². The lowest BCUT2D eigenvalue weighted by Crippen LogP contribution is -2.02. The lowest BCUT2D eigenvalue weighted by atomic mass is 10.1. The van der Waals surface area contributed by atoms with E-state index in [1.165, 1.54) is 11.1 Å². The fraction of sp³-hybridized carbons (Fsp3) is 0.267. The van der Waals surface area contributed by atoms with E-state index < -0.39 is 0 Å². The number of anilines is 1. The summed E-state index contributed by atoms with van der Waals surface area (Å²) in [4.78, 5) is 4.22. The van der Waals surface area contributed by atoms with Crippen molar-refractivity contribution in [3.05, 3.63) is 58.4 Å². The van der Waals surface area contributed by atoms with Crippen molar-refractivity contribution in [2.24, 2.45) is 0 Å². The number of nitrogens with zero attached hydrogens (tertiary/aromatic N) is 1. The van der Waals surface area contributed by atoms with Crippen molar-refractivity contribution >= 4 is 17.3 Å². The smallest absolute Gasteiger partial charge is 0.129 e. The quantitative estimate of drug-likeness (QED) is 0.844. The third-order valence-electron chi connectivity index (χ3n) is 2.84. The standard InChI is InChI=1S/C15H17ClN2O/c1-11-14(6-7-15(16)18-11)17-9-12-4-3-5-13(8-12)10-19-2/h3-8,17H,9-10H2,1-2H3. The lowest BCUT2D eigenvalue weighted by Gasteiger charge is -2.10. The van der Waals surface area contributed by atoms with Gasteiger partial charge in [-0.15, -0.1) is 0 Å². The highest BCUT2D eigenvalue weighted by Crippen LogP contribution is 2.17. The van der Waals surface area contributed by atoms with E-state index in [-0.39, 0.29) is 0 Å². The molecule has 0 saturated heterocycles. The lowest BCUT2D eigenvalue weighted by molar-refractivity contribution is 0.185. The van der Waals surface area contributed by atoms with Gasteiger partial charge in [-0.05, 0) is 30.2 Å². The molecule has 0 atom stereocenters. The molecule has 4 heteroatoms. The Hall–Kier alpha value is -1.58. The van der Waals surface area contributed by atoms with Crippen LogP contribution in [0.4, 0.5) is 5.69 Å². The second-order valence-electron chi connectivity index (χ2n) is 4.37. The van der Waals surface area contributed by atoms with Crippen LogP contribution in [0.25, 0.3) is 0 Å². The highest BCUT2D eigenvalue weighted by atomic mass is 35.5. The van der Waals surface area contributed by atoms with Crippen LogP contribution in [-0.4, -0.2) is 12.1 Å². The van der Waals surface area contributed by atoms with Gasteiger partial charge in [0.2, 0.25) is 0 Å². The molecule has 19 heavy (non-hydrogen) atoms. The van der Waals surface area contributed by atoms with Crippen LogP contribution in [0.3, 0.4) is 0 Å². The van der Waals surface area contributed by atoms with Crippen LogP contribution < -0.4 is 5.32 Å². The summed E-state index contributed by atoms with van der Waals surface area (Å²) in [5.74, 6) is 0. The summed E-state index contributed by atoms with van der Waals surface area (Å²) in [5.41, 5.74) is 4.29. The van der Waals surface area contributed by atoms with Crippen LogP contribution in [0.1, 0.15) is 16.8 Å². The number of nitrogens with one attached hydrogen (secondary N) is 1. The summed E-state index contributed by atoms with van der Waals surface area (Å²) >= 11 is 5.84. The van der Waals surface area contributed by atoms with Crippen LogP contribution in [-0.2, 0) is 17.9 Å². The minimum Gasteiger partial charge on any atom is -0.380 e. The normalized spacial score (nSPS) is 10.5. The first-order valence-corrected chi connectivity index (χ1v) is 6.50. The Morgan fingerprint density at radius 3 is 2.74 bits per heavy atom. The molecule has 1 aromatic heterocycles. The van der Waals surface area contributed by atoms with Gasteiger partial charge in [0.15, 0.2) is 0 Å². The average molecular weight is 277 g/mol. The average Bonchev–Trinajstić information content (AvgIpc) is 2.38. The number of aryl methyl sites for hydroxylation is 1. The third kappa shape index (κ3) is 3.94. The van der Waals surface area contributed by atoms with E-state index in [4.69, 9.17) is 16.3 Å². The molecule has 0 fully saturated rings. The Labute approximate surface area is 118 Å². The number of rotatable bonds is 5. The number of halogens is 1. The number of hydrogen-bond acceptors (Lipinski definition) is 3. The van der Waals surface area contributed by atoms with Gasteiger partial charge < -0.3 is 10.1 Å². The summed E-state index contributed by atoms with van der Waals surface area (Å²) in [5, 5.41) is 3.88. The van der Waals surface area contributed by atoms with Crippen molar-refractivity contribution in [2.75, 3.05) is 12.4 Å². The van der Waals surface area contributed by atoms with Crippen LogP contribution >= 0.6 is 11.6 Å². The summed E-state index contributed by atoms with van der Waals surface area (Å²) in [7, 11) is 1.70. The number of hydrogen-bond donors (Lipinski definition) is 1. The number of ether oxygens (including phenoxy) is 1. The largest absolute Gasteiger partial charge is 0.380 e. The first-order valence-electron chi connectivity index (χ1n) is 6.13. The summed E-state index contributed by atoms with van der Waals surface area (Å²) in [6.07, 6.45) is 0. The molecule has 3 nitrogen and oxygen atoms in total. The van der Waals surface area contributed by atoms with E-state index >= 15 is 0 Å². The fourth-order valence-electron chi connectivity index (χ4n) is 1.91. The highest BCUT2D eigenvalue weighted by Gasteiger charge is 2.01. The van der Waals surface area contributed by atoms with Gasteiger partial charge in [0.25, 0.3) is 0 Å². The molecular weight excluding hydrogens is 260 g/mol. The Morgan fingerprint density at radius 2 is 2.00 bits per heavy atom. The number of methoxy groups -OCH3 is 1. The molecule has 2 aromatic rings. The molecule has 1 aromatic carbocycles. The summed E-state index contributed by atoms with van der Waals surface area (Å²) in [6.45, 7) is 3.33. The topological polar surface area (TPSA) is 34.1 Å². The SMILES string of the molecule is COCc1cccc(CNc2ccc(Cl)nc2C)c1. The van der Waals surface area contributed by atoms with E-state index in [0.717, 1.165) is 17.9 Å². The van der Waals surface area contributed by atoms with Crippen LogP contribution in [0, 0.1) is 6.92 Å². The van der Waals surface area contributed by atoms with Gasteiger partial charge >= 0.3 is 0 Å². The maximum Gasteiger partial charge on any atom is 0.129 e. The second-order valence-corrected chi connectivity index (χ2v) is 4.76. The molecule has 0 bridgehead atoms. The summed E-state index contributed by atoms with van der Waals surface area (Å²) < 4.78 is 5.13. The van der Waals surface area contributed by atoms with Crippen molar-refractivity contribution < 1.29 is 4.74 Å². The van der Waals surface area contributed by atoms with Gasteiger partial charge in [0.05, 0.1) is 18.0 Å². The molecule has 0 aliphatic carbocycles. The van der Waals surface area contributed by atoms with Crippen molar-refractivity contribution in [1.29, 1.82) is 0 Å². The van der Waals surface area contributed by atoms with Gasteiger partial charge in [-0.25, -0.2) is 4.98 Å². The molecule has 0 radical (unpaired) electrons. The number of pyridine rings is 1. The van der Waals surface area contributed by atoms with Crippen molar-refractivity contribution in [3.63, 3.8) is 0 Å². The third-order valence-corrected chi connectivity index (χ3v) is 3.05. The molecule has 0 aliphatic heterocycles. The van der Waals surface area contributed by atoms with Crippen LogP contribution in [0.5, 0.6) is 0 Å². The molecule has 1 heterocycles. The minimum atomic E-state index is 0.519. The maximum absolute atomic E-state index is 5.84. The Bertz CT molecular complexity index is 558. The zero-order valence-corrected chi connectivity index (χ0v) is 11.9. The Kier molecular flexibility index (Phi) is 4.77. The van der Waals surface area contributed by atoms with Crippen molar-refractivity contribution in [2.45, 2.75) is 20.1 Å². The van der Waals surface area contributed by atoms with Gasteiger partial charge in [-0.3, -0.25) is 0 Å². The predicted octanol–water partition coefficient (Wildman–Crippen LogP) is 3.80. The van der Waals surface area contributed by atoms with E-state index in [1.54, 1.807) is 13.2 Å². The molecule has 100 valence electrons. The monoisotopic (exact) mass is 276 g/mol. The summed E-state index contributed by atoms with van der Waals surface area (Å²) in [6, 6.07) is 12.1. The van der Waals surface area contributed by atoms with Crippen molar-refractivity contribution in [3.8, 4) is 0 Å². The molecule has 0 saturated carbocycles. The van der Waals surface area contributed by atoms with E-state index in [2.05, 4.69) is 28.5 Å². The van der Waals surface area contributed by atoms with E-state index in [9.17, 15) is 0 Å². The highest BCUT2D eigenvalue weighted by molar-refractivity contribution is 6.29. The first kappa shape index (κ1) is 13.8. The maximum atomic E-state index is 5.84. The second kappa shape index (κ2) is 6.55. The molecule has 2 rings (SSSR count). The van der Waals surface area contributed by atoms with Crippen LogP contribution in [0.15, 0.2) is 36.4 Å². The minimum absolute atomic E-state index is 0.519. The Morgan fingerprint density at radius 1 is 1.21 bits per heavy atom. The molecule has 1 N–H and O–H groups in total. The molecule has 0 amide bonds. The predicted molar refractivity (Wildman–Crippen MR) is 78.5 cm³/mol. The van der Waals surface area contributed by atoms with E-state index in [0.29, 0.717) is 11.8 Å². The number of benzene rings is 1. The van der Waals surface area contributed by atoms with Gasteiger partial charge in [0, 0.05) is 13.7 Å². The van der Waals surface area contributed by atoms with Crippen molar-refractivity contribution in [1.82, 2.24) is 4.98 Å². The molecule has 0 unspecified atom stereocenters. The fourth-order valence-corrected chi connectivity index (χ4v) is 2.10. The van der Waals surface area contributed by atoms with Gasteiger partial charge in [0.1, 0.15) is 5.15 Å². The van der Waals surface area contributed by atoms with Gasteiger partial charge in [-0.1, -0.05) is 35.9 Å². The Balaban J connectivity index is 2.03. The molecule has 0 aliphatic rings. The van der Waals surface area contributed by atoms with Gasteiger partial charge in [-0.2, -0.15) is 0 Å². The number of aromatic nitrogens is 1. The zero-order chi connectivity index (χ0) is 13.7. The molecular formula is C15H17ClN2O.